The molecule has 0 saturated carbocycles. The molecule has 1 atom stereocenters. The summed E-state index contributed by atoms with van der Waals surface area (Å²) in [7, 11) is 0. The molecule has 0 fully saturated rings. The van der Waals surface area contributed by atoms with E-state index in [-0.39, 0.29) is 1.43 Å². The zero-order chi connectivity index (χ0) is 22.4. The lowest BCUT2D eigenvalue weighted by Gasteiger charge is -2.14. The van der Waals surface area contributed by atoms with Gasteiger partial charge in [0.25, 0.3) is 0 Å². The van der Waals surface area contributed by atoms with Crippen molar-refractivity contribution in [3.8, 4) is 0 Å². The van der Waals surface area contributed by atoms with Crippen molar-refractivity contribution in [2.24, 2.45) is 4.99 Å². The molecule has 0 aliphatic rings. The minimum absolute atomic E-state index is 0. The van der Waals surface area contributed by atoms with Crippen molar-refractivity contribution in [1.82, 2.24) is 5.32 Å². The molecule has 0 aliphatic heterocycles. The van der Waals surface area contributed by atoms with E-state index in [1.807, 2.05) is 48.5 Å². The van der Waals surface area contributed by atoms with Gasteiger partial charge in [0, 0.05) is 19.7 Å². The fourth-order valence-corrected chi connectivity index (χ4v) is 3.29. The quantitative estimate of drug-likeness (QED) is 0.307. The lowest BCUT2D eigenvalue weighted by atomic mass is 10.1. The molecule has 0 aromatic heterocycles. The summed E-state index contributed by atoms with van der Waals surface area (Å²) in [5.74, 6) is 0. The summed E-state index contributed by atoms with van der Waals surface area (Å²) in [6.45, 7) is 5.91. The van der Waals surface area contributed by atoms with E-state index in [9.17, 15) is 0 Å². The highest BCUT2D eigenvalue weighted by Gasteiger charge is 2.03. The molecular weight excluding hydrogens is 388 g/mol. The maximum atomic E-state index is 4.58. The molecule has 1 N–H and O–H groups in total. The van der Waals surface area contributed by atoms with Gasteiger partial charge in [-0.3, -0.25) is 4.99 Å². The van der Waals surface area contributed by atoms with Gasteiger partial charge in [0.1, 0.15) is 0 Å². The van der Waals surface area contributed by atoms with Crippen molar-refractivity contribution in [3.05, 3.63) is 144 Å². The number of nitrogens with one attached hydrogen (secondary N) is 1. The van der Waals surface area contributed by atoms with Crippen LogP contribution in [0.15, 0.2) is 126 Å². The van der Waals surface area contributed by atoms with Crippen LogP contribution in [-0.4, -0.2) is 5.71 Å². The SMILES string of the molecule is CC(=NCc1ccccc1)c1ccccc1.CC(NCc1ccccc1)c1ccccc1.[HH]. The van der Waals surface area contributed by atoms with Crippen molar-refractivity contribution < 1.29 is 1.43 Å². The van der Waals surface area contributed by atoms with Gasteiger partial charge in [0.2, 0.25) is 0 Å². The lowest BCUT2D eigenvalue weighted by Crippen LogP contribution is -2.17. The maximum absolute atomic E-state index is 4.58. The second kappa shape index (κ2) is 13.0. The largest absolute Gasteiger partial charge is 0.306 e. The third-order valence-electron chi connectivity index (χ3n) is 5.29. The first-order valence-corrected chi connectivity index (χ1v) is 11.1. The number of aliphatic imine (C=N–C) groups is 1. The van der Waals surface area contributed by atoms with Gasteiger partial charge in [0.05, 0.1) is 6.54 Å². The summed E-state index contributed by atoms with van der Waals surface area (Å²) in [5, 5.41) is 3.52. The van der Waals surface area contributed by atoms with Gasteiger partial charge >= 0.3 is 0 Å². The van der Waals surface area contributed by atoms with Crippen LogP contribution < -0.4 is 5.32 Å². The maximum Gasteiger partial charge on any atom is 0.0643 e. The molecule has 32 heavy (non-hydrogen) atoms. The third kappa shape index (κ3) is 7.98. The van der Waals surface area contributed by atoms with Gasteiger partial charge in [0.15, 0.2) is 0 Å². The van der Waals surface area contributed by atoms with Gasteiger partial charge in [-0.15, -0.1) is 0 Å². The van der Waals surface area contributed by atoms with Crippen molar-refractivity contribution in [3.63, 3.8) is 0 Å². The lowest BCUT2D eigenvalue weighted by molar-refractivity contribution is 0.575. The number of nitrogens with zero attached hydrogens (tertiary/aromatic N) is 1. The molecule has 0 heterocycles. The highest BCUT2D eigenvalue weighted by molar-refractivity contribution is 5.98. The van der Waals surface area contributed by atoms with Crippen LogP contribution in [0.1, 0.15) is 43.6 Å². The van der Waals surface area contributed by atoms with Gasteiger partial charge < -0.3 is 5.32 Å². The Morgan fingerprint density at radius 1 is 0.688 bits per heavy atom. The average molecular weight is 423 g/mol. The van der Waals surface area contributed by atoms with Crippen LogP contribution in [0, 0.1) is 0 Å². The number of hydrogen-bond donors (Lipinski definition) is 1. The molecule has 164 valence electrons. The topological polar surface area (TPSA) is 24.4 Å². The zero-order valence-electron chi connectivity index (χ0n) is 19.0. The van der Waals surface area contributed by atoms with Gasteiger partial charge in [-0.1, -0.05) is 121 Å². The summed E-state index contributed by atoms with van der Waals surface area (Å²) in [4.78, 5) is 4.58. The van der Waals surface area contributed by atoms with Crippen molar-refractivity contribution in [2.45, 2.75) is 33.0 Å². The first-order chi connectivity index (χ1) is 15.7. The molecular formula is C30H34N2. The molecule has 0 spiro atoms. The number of rotatable bonds is 7. The van der Waals surface area contributed by atoms with Crippen molar-refractivity contribution in [2.75, 3.05) is 0 Å². The Morgan fingerprint density at radius 3 is 1.72 bits per heavy atom. The van der Waals surface area contributed by atoms with Crippen molar-refractivity contribution >= 4 is 5.71 Å². The van der Waals surface area contributed by atoms with Crippen LogP contribution in [0.2, 0.25) is 0 Å². The summed E-state index contributed by atoms with van der Waals surface area (Å²) < 4.78 is 0. The molecule has 1 unspecified atom stereocenters. The fourth-order valence-electron chi connectivity index (χ4n) is 3.29. The fraction of sp³-hybridized carbons (Fsp3) is 0.167. The highest BCUT2D eigenvalue weighted by atomic mass is 14.9. The Balaban J connectivity index is 0.000000227. The van der Waals surface area contributed by atoms with E-state index >= 15 is 0 Å². The summed E-state index contributed by atoms with van der Waals surface area (Å²) in [5.41, 5.74) is 6.18. The first kappa shape index (κ1) is 23.2. The van der Waals surface area contributed by atoms with Crippen LogP contribution in [-0.2, 0) is 13.1 Å². The van der Waals surface area contributed by atoms with Crippen molar-refractivity contribution in [1.29, 1.82) is 0 Å². The van der Waals surface area contributed by atoms with Gasteiger partial charge in [-0.05, 0) is 36.1 Å². The van der Waals surface area contributed by atoms with Crippen LogP contribution in [0.25, 0.3) is 0 Å². The Kier molecular flexibility index (Phi) is 9.44. The zero-order valence-corrected chi connectivity index (χ0v) is 19.0. The van der Waals surface area contributed by atoms with E-state index in [1.165, 1.54) is 22.3 Å². The summed E-state index contributed by atoms with van der Waals surface area (Å²) in [6.07, 6.45) is 0. The molecule has 4 aromatic carbocycles. The second-order valence-corrected chi connectivity index (χ2v) is 7.75. The molecule has 2 heteroatoms. The van der Waals surface area contributed by atoms with E-state index in [1.54, 1.807) is 0 Å². The number of benzene rings is 4. The molecule has 0 aliphatic carbocycles. The first-order valence-electron chi connectivity index (χ1n) is 11.1. The minimum atomic E-state index is 0. The molecule has 4 rings (SSSR count). The Bertz CT molecular complexity index is 1050. The predicted molar refractivity (Wildman–Crippen MR) is 139 cm³/mol. The number of hydrogen-bond acceptors (Lipinski definition) is 2. The monoisotopic (exact) mass is 422 g/mol. The smallest absolute Gasteiger partial charge is 0.0643 e. The second-order valence-electron chi connectivity index (χ2n) is 7.75. The van der Waals surface area contributed by atoms with E-state index in [0.29, 0.717) is 6.04 Å². The Hall–Kier alpha value is -3.49. The van der Waals surface area contributed by atoms with Crippen LogP contribution in [0.5, 0.6) is 0 Å². The summed E-state index contributed by atoms with van der Waals surface area (Å²) in [6, 6.07) is 42.0. The highest BCUT2D eigenvalue weighted by Crippen LogP contribution is 2.12. The minimum Gasteiger partial charge on any atom is -0.306 e. The molecule has 2 nitrogen and oxygen atoms in total. The standard InChI is InChI=1S/C15H17N.C15H15N.H2/c2*1-13(15-10-6-3-7-11-15)16-12-14-8-4-2-5-9-14;/h2-11,13,16H,12H2,1H3;2-11H,12H2,1H3;1H. The molecule has 0 amide bonds. The normalized spacial score (nSPS) is 11.9. The third-order valence-corrected chi connectivity index (χ3v) is 5.29. The van der Waals surface area contributed by atoms with Gasteiger partial charge in [-0.2, -0.15) is 0 Å². The van der Waals surface area contributed by atoms with E-state index in [0.717, 1.165) is 18.8 Å². The van der Waals surface area contributed by atoms with Gasteiger partial charge in [-0.25, -0.2) is 0 Å². The Labute approximate surface area is 194 Å². The predicted octanol–water partition coefficient (Wildman–Crippen LogP) is 7.48. The average Bonchev–Trinajstić information content (AvgIpc) is 2.88. The van der Waals surface area contributed by atoms with Crippen LogP contribution in [0.3, 0.4) is 0 Å². The molecule has 4 aromatic rings. The molecule has 0 bridgehead atoms. The van der Waals surface area contributed by atoms with E-state index < -0.39 is 0 Å². The van der Waals surface area contributed by atoms with Crippen LogP contribution in [0.4, 0.5) is 0 Å². The summed E-state index contributed by atoms with van der Waals surface area (Å²) >= 11 is 0. The van der Waals surface area contributed by atoms with E-state index in [4.69, 9.17) is 0 Å². The van der Waals surface area contributed by atoms with Crippen LogP contribution >= 0.6 is 0 Å². The van der Waals surface area contributed by atoms with E-state index in [2.05, 4.69) is 97.0 Å². The Morgan fingerprint density at radius 2 is 1.16 bits per heavy atom. The molecule has 0 saturated heterocycles. The molecule has 0 radical (unpaired) electrons.